The number of rotatable bonds is 6. The van der Waals surface area contributed by atoms with E-state index in [1.54, 1.807) is 0 Å². The van der Waals surface area contributed by atoms with Crippen molar-refractivity contribution in [3.8, 4) is 11.4 Å². The fourth-order valence-electron chi connectivity index (χ4n) is 2.95. The summed E-state index contributed by atoms with van der Waals surface area (Å²) in [5, 5.41) is 9.59. The van der Waals surface area contributed by atoms with Crippen molar-refractivity contribution < 1.29 is 9.53 Å². The molecule has 1 aromatic carbocycles. The third kappa shape index (κ3) is 4.65. The first-order valence-electron chi connectivity index (χ1n) is 9.03. The fraction of sp³-hybridized carbons (Fsp3) is 0.526. The molecule has 0 unspecified atom stereocenters. The number of hydrogen-bond donors (Lipinski definition) is 0. The lowest BCUT2D eigenvalue weighted by atomic mass is 10.1. The van der Waals surface area contributed by atoms with Crippen LogP contribution in [-0.2, 0) is 16.1 Å². The maximum absolute atomic E-state index is 12.4. The highest BCUT2D eigenvalue weighted by atomic mass is 32.2. The molecule has 6 nitrogen and oxygen atoms in total. The van der Waals surface area contributed by atoms with Gasteiger partial charge in [0.15, 0.2) is 11.0 Å². The summed E-state index contributed by atoms with van der Waals surface area (Å²) in [4.78, 5) is 14.3. The summed E-state index contributed by atoms with van der Waals surface area (Å²) < 4.78 is 7.45. The molecule has 0 radical (unpaired) electrons. The van der Waals surface area contributed by atoms with Gasteiger partial charge in [-0.25, -0.2) is 0 Å². The standard InChI is InChI=1S/C19H26N4O2S/c1-14(2)12-23-18(16-6-4-5-15(3)11-16)20-21-19(23)26-13-17(24)22-7-9-25-10-8-22/h4-6,11,14H,7-10,12-13H2,1-3H3. The highest BCUT2D eigenvalue weighted by Gasteiger charge is 2.20. The quantitative estimate of drug-likeness (QED) is 0.728. The van der Waals surface area contributed by atoms with Crippen molar-refractivity contribution in [3.63, 3.8) is 0 Å². The van der Waals surface area contributed by atoms with E-state index in [1.807, 2.05) is 11.0 Å². The Labute approximate surface area is 158 Å². The highest BCUT2D eigenvalue weighted by Crippen LogP contribution is 2.26. The van der Waals surface area contributed by atoms with Gasteiger partial charge < -0.3 is 14.2 Å². The van der Waals surface area contributed by atoms with Gasteiger partial charge >= 0.3 is 0 Å². The van der Waals surface area contributed by atoms with E-state index in [0.29, 0.717) is 38.0 Å². The van der Waals surface area contributed by atoms with Gasteiger partial charge in [-0.1, -0.05) is 49.4 Å². The molecule has 1 saturated heterocycles. The summed E-state index contributed by atoms with van der Waals surface area (Å²) in [6, 6.07) is 8.28. The largest absolute Gasteiger partial charge is 0.378 e. The number of benzene rings is 1. The molecule has 1 aromatic heterocycles. The van der Waals surface area contributed by atoms with E-state index >= 15 is 0 Å². The van der Waals surface area contributed by atoms with Crippen LogP contribution in [0, 0.1) is 12.8 Å². The van der Waals surface area contributed by atoms with Crippen LogP contribution in [0.25, 0.3) is 11.4 Å². The molecule has 1 fully saturated rings. The van der Waals surface area contributed by atoms with Crippen molar-refractivity contribution in [2.75, 3.05) is 32.1 Å². The Morgan fingerprint density at radius 1 is 1.27 bits per heavy atom. The zero-order valence-corrected chi connectivity index (χ0v) is 16.5. The Hall–Kier alpha value is -1.86. The maximum atomic E-state index is 12.4. The maximum Gasteiger partial charge on any atom is 0.233 e. The minimum absolute atomic E-state index is 0.134. The highest BCUT2D eigenvalue weighted by molar-refractivity contribution is 7.99. The normalized spacial score (nSPS) is 14.8. The van der Waals surface area contributed by atoms with E-state index in [4.69, 9.17) is 4.74 Å². The predicted molar refractivity (Wildman–Crippen MR) is 103 cm³/mol. The topological polar surface area (TPSA) is 60.3 Å². The Morgan fingerprint density at radius 2 is 2.04 bits per heavy atom. The molecule has 0 spiro atoms. The van der Waals surface area contributed by atoms with Crippen LogP contribution in [0.5, 0.6) is 0 Å². The van der Waals surface area contributed by atoms with Crippen LogP contribution < -0.4 is 0 Å². The number of ether oxygens (including phenoxy) is 1. The number of carbonyl (C=O) groups excluding carboxylic acids is 1. The summed E-state index contributed by atoms with van der Waals surface area (Å²) >= 11 is 1.47. The van der Waals surface area contributed by atoms with Crippen LogP contribution in [0.3, 0.4) is 0 Å². The minimum Gasteiger partial charge on any atom is -0.378 e. The Kier molecular flexibility index (Phi) is 6.32. The Balaban J connectivity index is 1.77. The first kappa shape index (κ1) is 18.9. The van der Waals surface area contributed by atoms with E-state index in [1.165, 1.54) is 17.3 Å². The van der Waals surface area contributed by atoms with Crippen molar-refractivity contribution in [3.05, 3.63) is 29.8 Å². The second-order valence-electron chi connectivity index (χ2n) is 6.96. The monoisotopic (exact) mass is 374 g/mol. The summed E-state index contributed by atoms with van der Waals surface area (Å²) in [7, 11) is 0. The van der Waals surface area contributed by atoms with E-state index in [9.17, 15) is 4.79 Å². The molecule has 0 bridgehead atoms. The van der Waals surface area contributed by atoms with Gasteiger partial charge in [0, 0.05) is 25.2 Å². The molecule has 0 N–H and O–H groups in total. The Bertz CT molecular complexity index is 754. The van der Waals surface area contributed by atoms with E-state index < -0.39 is 0 Å². The van der Waals surface area contributed by atoms with E-state index in [-0.39, 0.29) is 5.91 Å². The van der Waals surface area contributed by atoms with Crippen LogP contribution in [0.15, 0.2) is 29.4 Å². The SMILES string of the molecule is Cc1cccc(-c2nnc(SCC(=O)N3CCOCC3)n2CC(C)C)c1. The molecule has 1 aliphatic rings. The van der Waals surface area contributed by atoms with Crippen molar-refractivity contribution >= 4 is 17.7 Å². The van der Waals surface area contributed by atoms with Crippen LogP contribution >= 0.6 is 11.8 Å². The molecule has 140 valence electrons. The molecule has 3 rings (SSSR count). The molecular formula is C19H26N4O2S. The minimum atomic E-state index is 0.134. The lowest BCUT2D eigenvalue weighted by Gasteiger charge is -2.26. The summed E-state index contributed by atoms with van der Waals surface area (Å²) in [5.41, 5.74) is 2.25. The van der Waals surface area contributed by atoms with Gasteiger partial charge in [-0.15, -0.1) is 10.2 Å². The van der Waals surface area contributed by atoms with Crippen molar-refractivity contribution in [2.45, 2.75) is 32.5 Å². The second kappa shape index (κ2) is 8.68. The number of carbonyl (C=O) groups is 1. The first-order chi connectivity index (χ1) is 12.5. The number of aromatic nitrogens is 3. The van der Waals surface area contributed by atoms with Gasteiger partial charge in [-0.3, -0.25) is 4.79 Å². The van der Waals surface area contributed by atoms with Gasteiger partial charge in [-0.2, -0.15) is 0 Å². The molecule has 0 saturated carbocycles. The molecule has 2 aromatic rings. The van der Waals surface area contributed by atoms with Crippen LogP contribution in [0.4, 0.5) is 0 Å². The number of aryl methyl sites for hydroxylation is 1. The van der Waals surface area contributed by atoms with Gasteiger partial charge in [0.05, 0.1) is 19.0 Å². The third-order valence-electron chi connectivity index (χ3n) is 4.23. The third-order valence-corrected chi connectivity index (χ3v) is 5.18. The molecular weight excluding hydrogens is 348 g/mol. The van der Waals surface area contributed by atoms with Crippen LogP contribution in [0.1, 0.15) is 19.4 Å². The lowest BCUT2D eigenvalue weighted by molar-refractivity contribution is -0.132. The molecule has 26 heavy (non-hydrogen) atoms. The molecule has 1 aliphatic heterocycles. The number of amides is 1. The second-order valence-corrected chi connectivity index (χ2v) is 7.90. The summed E-state index contributed by atoms with van der Waals surface area (Å²) in [5.74, 6) is 1.84. The van der Waals surface area contributed by atoms with Crippen LogP contribution in [0.2, 0.25) is 0 Å². The molecule has 1 amide bonds. The number of morpholine rings is 1. The van der Waals surface area contributed by atoms with E-state index in [2.05, 4.69) is 53.7 Å². The summed E-state index contributed by atoms with van der Waals surface area (Å²) in [6.45, 7) is 9.84. The number of nitrogens with zero attached hydrogens (tertiary/aromatic N) is 4. The predicted octanol–water partition coefficient (Wildman–Crippen LogP) is 2.86. The van der Waals surface area contributed by atoms with Crippen molar-refractivity contribution in [1.29, 1.82) is 0 Å². The average Bonchev–Trinajstić information content (AvgIpc) is 3.02. The van der Waals surface area contributed by atoms with Crippen LogP contribution in [-0.4, -0.2) is 57.6 Å². The van der Waals surface area contributed by atoms with Gasteiger partial charge in [0.2, 0.25) is 5.91 Å². The van der Waals surface area contributed by atoms with E-state index in [0.717, 1.165) is 23.1 Å². The molecule has 2 heterocycles. The molecule has 7 heteroatoms. The first-order valence-corrected chi connectivity index (χ1v) is 10.0. The zero-order valence-electron chi connectivity index (χ0n) is 15.6. The fourth-order valence-corrected chi connectivity index (χ4v) is 3.80. The zero-order chi connectivity index (χ0) is 18.5. The lowest BCUT2D eigenvalue weighted by Crippen LogP contribution is -2.41. The Morgan fingerprint density at radius 3 is 2.73 bits per heavy atom. The average molecular weight is 375 g/mol. The smallest absolute Gasteiger partial charge is 0.233 e. The van der Waals surface area contributed by atoms with Gasteiger partial charge in [0.1, 0.15) is 0 Å². The van der Waals surface area contributed by atoms with Gasteiger partial charge in [0.25, 0.3) is 0 Å². The molecule has 0 aliphatic carbocycles. The number of thioether (sulfide) groups is 1. The summed E-state index contributed by atoms with van der Waals surface area (Å²) in [6.07, 6.45) is 0. The van der Waals surface area contributed by atoms with Crippen molar-refractivity contribution in [2.24, 2.45) is 5.92 Å². The number of hydrogen-bond acceptors (Lipinski definition) is 5. The van der Waals surface area contributed by atoms with Crippen molar-refractivity contribution in [1.82, 2.24) is 19.7 Å². The van der Waals surface area contributed by atoms with Gasteiger partial charge in [-0.05, 0) is 18.9 Å². The molecule has 0 atom stereocenters.